The number of benzene rings is 1. The molecule has 2 aromatic heterocycles. The third-order valence-electron chi connectivity index (χ3n) is 5.55. The van der Waals surface area contributed by atoms with Gasteiger partial charge in [-0.1, -0.05) is 12.1 Å². The highest BCUT2D eigenvalue weighted by atomic mass is 19.4. The second-order valence-corrected chi connectivity index (χ2v) is 8.02. The average Bonchev–Trinajstić information content (AvgIpc) is 3.14. The molecular formula is C22H20F3N5O3. The summed E-state index contributed by atoms with van der Waals surface area (Å²) in [6, 6.07) is 8.68. The number of amides is 1. The summed E-state index contributed by atoms with van der Waals surface area (Å²) in [5.74, 6) is -0.680. The molecule has 1 aliphatic rings. The van der Waals surface area contributed by atoms with Gasteiger partial charge >= 0.3 is 6.18 Å². The van der Waals surface area contributed by atoms with Gasteiger partial charge in [0.2, 0.25) is 0 Å². The Kier molecular flexibility index (Phi) is 5.75. The molecule has 8 nitrogen and oxygen atoms in total. The van der Waals surface area contributed by atoms with Crippen molar-refractivity contribution >= 4 is 17.4 Å². The minimum absolute atomic E-state index is 0.245. The van der Waals surface area contributed by atoms with Crippen LogP contribution in [0.2, 0.25) is 0 Å². The van der Waals surface area contributed by atoms with Gasteiger partial charge in [0, 0.05) is 30.1 Å². The third-order valence-corrected chi connectivity index (χ3v) is 5.55. The topological polar surface area (TPSA) is 99.0 Å². The molecule has 172 valence electrons. The number of rotatable bonds is 6. The monoisotopic (exact) mass is 459 g/mol. The normalized spacial score (nSPS) is 15.1. The Morgan fingerprint density at radius 1 is 1.21 bits per heavy atom. The van der Waals surface area contributed by atoms with E-state index in [4.69, 9.17) is 4.74 Å². The fraction of sp³-hybridized carbons (Fsp3) is 0.318. The van der Waals surface area contributed by atoms with E-state index in [1.54, 1.807) is 24.5 Å². The molecule has 1 aromatic carbocycles. The largest absolute Gasteiger partial charge is 0.433 e. The van der Waals surface area contributed by atoms with E-state index in [9.17, 15) is 22.8 Å². The molecule has 1 N–H and O–H groups in total. The predicted molar refractivity (Wildman–Crippen MR) is 111 cm³/mol. The summed E-state index contributed by atoms with van der Waals surface area (Å²) in [5, 5.41) is 10.6. The van der Waals surface area contributed by atoms with Crippen molar-refractivity contribution in [1.29, 1.82) is 0 Å². The molecule has 33 heavy (non-hydrogen) atoms. The van der Waals surface area contributed by atoms with Crippen molar-refractivity contribution < 1.29 is 27.5 Å². The number of aromatic nitrogens is 4. The first kappa shape index (κ1) is 22.6. The van der Waals surface area contributed by atoms with Gasteiger partial charge in [0.15, 0.2) is 5.78 Å². The molecule has 11 heteroatoms. The number of nitrogens with zero attached hydrogens (tertiary/aromatic N) is 4. The fourth-order valence-corrected chi connectivity index (χ4v) is 3.61. The Labute approximate surface area is 186 Å². The number of pyridine rings is 1. The number of ether oxygens (including phenoxy) is 1. The summed E-state index contributed by atoms with van der Waals surface area (Å²) in [5.41, 5.74) is -1.14. The Bertz CT molecular complexity index is 1220. The number of aryl methyl sites for hydroxylation is 1. The number of nitrogens with one attached hydrogen (secondary N) is 1. The number of hydrogen-bond acceptors (Lipinski definition) is 6. The molecule has 0 bridgehead atoms. The van der Waals surface area contributed by atoms with Crippen LogP contribution in [0.3, 0.4) is 0 Å². The summed E-state index contributed by atoms with van der Waals surface area (Å²) >= 11 is 0. The smallest absolute Gasteiger partial charge is 0.379 e. The van der Waals surface area contributed by atoms with Gasteiger partial charge in [-0.2, -0.15) is 13.2 Å². The lowest BCUT2D eigenvalue weighted by atomic mass is 9.75. The van der Waals surface area contributed by atoms with E-state index in [1.807, 2.05) is 17.7 Å². The van der Waals surface area contributed by atoms with Crippen molar-refractivity contribution in [1.82, 2.24) is 19.7 Å². The van der Waals surface area contributed by atoms with Crippen molar-refractivity contribution in [3.63, 3.8) is 0 Å². The van der Waals surface area contributed by atoms with E-state index < -0.39 is 29.3 Å². The highest BCUT2D eigenvalue weighted by Gasteiger charge is 2.42. The second kappa shape index (κ2) is 8.39. The molecule has 1 fully saturated rings. The zero-order valence-electron chi connectivity index (χ0n) is 17.8. The van der Waals surface area contributed by atoms with Crippen LogP contribution >= 0.6 is 0 Å². The standard InChI is InChI=1S/C22H20F3N5O3/c1-13(31)14-6-17(28-18(7-14)22(23,24)25)20(32)27-16-5-3-4-15(8-16)21(10-33-11-21)9-19-29-26-12-30(19)2/h3-8,12H,9-11H2,1-2H3,(H,27,32). The number of alkyl halides is 3. The molecule has 0 atom stereocenters. The summed E-state index contributed by atoms with van der Waals surface area (Å²) in [7, 11) is 1.84. The number of carbonyl (C=O) groups excluding carboxylic acids is 2. The van der Waals surface area contributed by atoms with Gasteiger partial charge in [-0.25, -0.2) is 4.98 Å². The minimum atomic E-state index is -4.79. The maximum absolute atomic E-state index is 13.2. The zero-order valence-corrected chi connectivity index (χ0v) is 17.8. The third kappa shape index (κ3) is 4.63. The minimum Gasteiger partial charge on any atom is -0.379 e. The van der Waals surface area contributed by atoms with Gasteiger partial charge < -0.3 is 14.6 Å². The predicted octanol–water partition coefficient (Wildman–Crippen LogP) is 3.19. The van der Waals surface area contributed by atoms with Gasteiger partial charge in [0.25, 0.3) is 5.91 Å². The molecule has 3 heterocycles. The maximum atomic E-state index is 13.2. The van der Waals surface area contributed by atoms with Crippen LogP contribution < -0.4 is 5.32 Å². The number of Topliss-reactive ketones (excluding diaryl/α,β-unsaturated/α-hetero) is 1. The molecule has 3 aromatic rings. The van der Waals surface area contributed by atoms with E-state index in [1.165, 1.54) is 0 Å². The summed E-state index contributed by atoms with van der Waals surface area (Å²) in [6.07, 6.45) is -2.62. The summed E-state index contributed by atoms with van der Waals surface area (Å²) in [4.78, 5) is 27.8. The number of hydrogen-bond donors (Lipinski definition) is 1. The highest BCUT2D eigenvalue weighted by Crippen LogP contribution is 2.36. The van der Waals surface area contributed by atoms with Gasteiger partial charge in [-0.15, -0.1) is 10.2 Å². The van der Waals surface area contributed by atoms with Gasteiger partial charge in [0.1, 0.15) is 23.5 Å². The van der Waals surface area contributed by atoms with Crippen molar-refractivity contribution in [2.24, 2.45) is 7.05 Å². The summed E-state index contributed by atoms with van der Waals surface area (Å²) < 4.78 is 46.8. The molecule has 1 saturated heterocycles. The molecule has 0 spiro atoms. The zero-order chi connectivity index (χ0) is 23.8. The molecule has 1 amide bonds. The van der Waals surface area contributed by atoms with Crippen LogP contribution in [0.4, 0.5) is 18.9 Å². The van der Waals surface area contributed by atoms with Crippen LogP contribution in [0.25, 0.3) is 0 Å². The van der Waals surface area contributed by atoms with Crippen molar-refractivity contribution in [2.75, 3.05) is 18.5 Å². The van der Waals surface area contributed by atoms with Gasteiger partial charge in [0.05, 0.1) is 13.2 Å². The van der Waals surface area contributed by atoms with Crippen molar-refractivity contribution in [3.05, 3.63) is 71.1 Å². The number of carbonyl (C=O) groups is 2. The fourth-order valence-electron chi connectivity index (χ4n) is 3.61. The molecule has 4 rings (SSSR count). The van der Waals surface area contributed by atoms with E-state index in [2.05, 4.69) is 20.5 Å². The first-order chi connectivity index (χ1) is 15.6. The lowest BCUT2D eigenvalue weighted by Crippen LogP contribution is -2.49. The Morgan fingerprint density at radius 3 is 2.55 bits per heavy atom. The SMILES string of the molecule is CC(=O)c1cc(C(=O)Nc2cccc(C3(Cc4nncn4C)COC3)c2)nc(C(F)(F)F)c1. The molecular weight excluding hydrogens is 439 g/mol. The van der Waals surface area contributed by atoms with E-state index in [-0.39, 0.29) is 11.0 Å². The van der Waals surface area contributed by atoms with E-state index >= 15 is 0 Å². The molecule has 0 saturated carbocycles. The van der Waals surface area contributed by atoms with Crippen molar-refractivity contribution in [2.45, 2.75) is 24.9 Å². The molecule has 1 aliphatic heterocycles. The average molecular weight is 459 g/mol. The second-order valence-electron chi connectivity index (χ2n) is 8.02. The van der Waals surface area contributed by atoms with Gasteiger partial charge in [-0.3, -0.25) is 9.59 Å². The molecule has 0 aliphatic carbocycles. The Hall–Kier alpha value is -3.60. The quantitative estimate of drug-likeness (QED) is 0.569. The highest BCUT2D eigenvalue weighted by molar-refractivity contribution is 6.05. The first-order valence-electron chi connectivity index (χ1n) is 10.0. The number of halogens is 3. The van der Waals surface area contributed by atoms with Crippen LogP contribution in [0.1, 0.15) is 44.9 Å². The maximum Gasteiger partial charge on any atom is 0.433 e. The number of ketones is 1. The van der Waals surface area contributed by atoms with Crippen LogP contribution in [0, 0.1) is 0 Å². The Morgan fingerprint density at radius 2 is 1.97 bits per heavy atom. The van der Waals surface area contributed by atoms with Crippen LogP contribution in [-0.4, -0.2) is 44.7 Å². The van der Waals surface area contributed by atoms with Crippen molar-refractivity contribution in [3.8, 4) is 0 Å². The van der Waals surface area contributed by atoms with Gasteiger partial charge in [-0.05, 0) is 36.8 Å². The Balaban J connectivity index is 1.60. The molecule has 0 radical (unpaired) electrons. The van der Waals surface area contributed by atoms with Crippen LogP contribution in [-0.2, 0) is 29.8 Å². The molecule has 0 unspecified atom stereocenters. The number of anilines is 1. The lowest BCUT2D eigenvalue weighted by molar-refractivity contribution is -0.141. The van der Waals surface area contributed by atoms with E-state index in [0.29, 0.717) is 31.4 Å². The van der Waals surface area contributed by atoms with Crippen LogP contribution in [0.5, 0.6) is 0 Å². The lowest BCUT2D eigenvalue weighted by Gasteiger charge is -2.41. The van der Waals surface area contributed by atoms with Crippen LogP contribution in [0.15, 0.2) is 42.7 Å². The summed E-state index contributed by atoms with van der Waals surface area (Å²) in [6.45, 7) is 2.03. The van der Waals surface area contributed by atoms with E-state index in [0.717, 1.165) is 24.4 Å². The first-order valence-corrected chi connectivity index (χ1v) is 10.0.